The summed E-state index contributed by atoms with van der Waals surface area (Å²) >= 11 is 5.32. The first-order valence-corrected chi connectivity index (χ1v) is 11.2. The number of benzene rings is 2. The lowest BCUT2D eigenvalue weighted by Crippen LogP contribution is -2.45. The lowest BCUT2D eigenvalue weighted by atomic mass is 9.99. The van der Waals surface area contributed by atoms with Gasteiger partial charge in [0.15, 0.2) is 5.11 Å². The quantitative estimate of drug-likeness (QED) is 0.783. The van der Waals surface area contributed by atoms with Gasteiger partial charge in [0.25, 0.3) is 0 Å². The fourth-order valence-corrected chi connectivity index (χ4v) is 4.55. The highest BCUT2D eigenvalue weighted by Gasteiger charge is 2.18. The Kier molecular flexibility index (Phi) is 6.48. The zero-order chi connectivity index (χ0) is 20.2. The van der Waals surface area contributed by atoms with Crippen molar-refractivity contribution in [2.24, 2.45) is 5.73 Å². The van der Waals surface area contributed by atoms with Crippen molar-refractivity contribution in [2.75, 3.05) is 51.2 Å². The Labute approximate surface area is 180 Å². The van der Waals surface area contributed by atoms with Gasteiger partial charge in [-0.2, -0.15) is 0 Å². The predicted molar refractivity (Wildman–Crippen MR) is 127 cm³/mol. The summed E-state index contributed by atoms with van der Waals surface area (Å²) in [6.45, 7) is 6.79. The number of rotatable bonds is 4. The van der Waals surface area contributed by atoms with Crippen molar-refractivity contribution in [2.45, 2.75) is 25.7 Å². The molecule has 0 aromatic heterocycles. The second-order valence-corrected chi connectivity index (χ2v) is 8.80. The van der Waals surface area contributed by atoms with Gasteiger partial charge >= 0.3 is 0 Å². The van der Waals surface area contributed by atoms with Crippen molar-refractivity contribution in [3.8, 4) is 11.1 Å². The molecule has 0 bridgehead atoms. The van der Waals surface area contributed by atoms with Crippen LogP contribution in [-0.2, 0) is 12.8 Å². The molecule has 0 unspecified atom stereocenters. The minimum absolute atomic E-state index is 0.476. The van der Waals surface area contributed by atoms with E-state index in [1.165, 1.54) is 60.5 Å². The number of aryl methyl sites for hydroxylation is 1. The number of fused-ring (bicyclic) bond motifs is 1. The first-order valence-electron chi connectivity index (χ1n) is 10.8. The van der Waals surface area contributed by atoms with Crippen molar-refractivity contribution < 1.29 is 0 Å². The van der Waals surface area contributed by atoms with Gasteiger partial charge in [-0.3, -0.25) is 0 Å². The second-order valence-electron chi connectivity index (χ2n) is 8.38. The second kappa shape index (κ2) is 9.24. The van der Waals surface area contributed by atoms with Crippen LogP contribution in [0, 0.1) is 0 Å². The number of hydrogen-bond acceptors (Lipinski definition) is 3. The molecule has 29 heavy (non-hydrogen) atoms. The molecule has 2 aromatic rings. The SMILES string of the molecule is CN1CCN(CCc2ccc(-c3ccc4c(c3)N(C(N)=S)CCCC4)cc2)CC1. The van der Waals surface area contributed by atoms with Gasteiger partial charge < -0.3 is 20.4 Å². The molecule has 0 saturated carbocycles. The summed E-state index contributed by atoms with van der Waals surface area (Å²) in [4.78, 5) is 7.08. The number of piperazine rings is 1. The third-order valence-electron chi connectivity index (χ3n) is 6.32. The molecule has 2 aliphatic heterocycles. The third-order valence-corrected chi connectivity index (χ3v) is 6.54. The minimum Gasteiger partial charge on any atom is -0.376 e. The lowest BCUT2D eigenvalue weighted by molar-refractivity contribution is 0.155. The van der Waals surface area contributed by atoms with E-state index in [1.807, 2.05) is 0 Å². The molecular formula is C24H32N4S. The van der Waals surface area contributed by atoms with E-state index in [9.17, 15) is 0 Å². The lowest BCUT2D eigenvalue weighted by Gasteiger charge is -2.32. The number of nitrogens with zero attached hydrogens (tertiary/aromatic N) is 3. The number of hydrogen-bond donors (Lipinski definition) is 1. The Morgan fingerprint density at radius 2 is 1.66 bits per heavy atom. The molecule has 2 N–H and O–H groups in total. The zero-order valence-corrected chi connectivity index (χ0v) is 18.3. The molecule has 2 aromatic carbocycles. The Balaban J connectivity index is 1.45. The molecule has 1 fully saturated rings. The summed E-state index contributed by atoms with van der Waals surface area (Å²) in [6.07, 6.45) is 4.53. The zero-order valence-electron chi connectivity index (χ0n) is 17.4. The maximum atomic E-state index is 6.01. The topological polar surface area (TPSA) is 35.7 Å². The molecule has 0 atom stereocenters. The van der Waals surface area contributed by atoms with E-state index in [4.69, 9.17) is 18.0 Å². The average Bonchev–Trinajstić information content (AvgIpc) is 2.96. The molecule has 0 radical (unpaired) electrons. The molecule has 0 amide bonds. The Morgan fingerprint density at radius 3 is 2.38 bits per heavy atom. The van der Waals surface area contributed by atoms with E-state index < -0.39 is 0 Å². The van der Waals surface area contributed by atoms with Crippen LogP contribution >= 0.6 is 12.2 Å². The number of nitrogens with two attached hydrogens (primary N) is 1. The number of thiocarbonyl (C=S) groups is 1. The molecule has 0 spiro atoms. The monoisotopic (exact) mass is 408 g/mol. The van der Waals surface area contributed by atoms with Crippen LogP contribution in [0.25, 0.3) is 11.1 Å². The summed E-state index contributed by atoms with van der Waals surface area (Å²) in [7, 11) is 2.21. The molecule has 0 aliphatic carbocycles. The van der Waals surface area contributed by atoms with Gasteiger partial charge in [-0.25, -0.2) is 0 Å². The van der Waals surface area contributed by atoms with E-state index >= 15 is 0 Å². The summed E-state index contributed by atoms with van der Waals surface area (Å²) < 4.78 is 0. The number of anilines is 1. The summed E-state index contributed by atoms with van der Waals surface area (Å²) in [6, 6.07) is 15.8. The third kappa shape index (κ3) is 4.97. The van der Waals surface area contributed by atoms with Gasteiger partial charge in [0.1, 0.15) is 0 Å². The van der Waals surface area contributed by atoms with Crippen molar-refractivity contribution >= 4 is 23.0 Å². The van der Waals surface area contributed by atoms with Crippen LogP contribution in [0.3, 0.4) is 0 Å². The van der Waals surface area contributed by atoms with Gasteiger partial charge in [0.2, 0.25) is 0 Å². The van der Waals surface area contributed by atoms with Crippen LogP contribution in [0.5, 0.6) is 0 Å². The van der Waals surface area contributed by atoms with Crippen LogP contribution in [0.4, 0.5) is 5.69 Å². The van der Waals surface area contributed by atoms with Crippen molar-refractivity contribution in [1.82, 2.24) is 9.80 Å². The van der Waals surface area contributed by atoms with E-state index in [0.717, 1.165) is 32.4 Å². The van der Waals surface area contributed by atoms with E-state index in [2.05, 4.69) is 64.2 Å². The summed E-state index contributed by atoms with van der Waals surface area (Å²) in [5.41, 5.74) is 12.4. The van der Waals surface area contributed by atoms with E-state index in [-0.39, 0.29) is 0 Å². The Morgan fingerprint density at radius 1 is 0.931 bits per heavy atom. The van der Waals surface area contributed by atoms with Crippen LogP contribution in [0.2, 0.25) is 0 Å². The molecule has 2 aliphatic rings. The first kappa shape index (κ1) is 20.3. The van der Waals surface area contributed by atoms with Crippen LogP contribution in [-0.4, -0.2) is 61.2 Å². The fraction of sp³-hybridized carbons (Fsp3) is 0.458. The standard InChI is InChI=1S/C24H32N4S/c1-26-14-16-27(17-15-26)13-11-19-5-7-20(8-6-19)22-10-9-21-4-2-3-12-28(24(25)29)23(21)18-22/h5-10,18H,2-4,11-17H2,1H3,(H2,25,29). The smallest absolute Gasteiger partial charge is 0.170 e. The summed E-state index contributed by atoms with van der Waals surface area (Å²) in [5.74, 6) is 0. The van der Waals surface area contributed by atoms with Crippen molar-refractivity contribution in [3.63, 3.8) is 0 Å². The van der Waals surface area contributed by atoms with Crippen molar-refractivity contribution in [1.29, 1.82) is 0 Å². The summed E-state index contributed by atoms with van der Waals surface area (Å²) in [5, 5.41) is 0.476. The maximum Gasteiger partial charge on any atom is 0.170 e. The molecule has 2 heterocycles. The highest BCUT2D eigenvalue weighted by atomic mass is 32.1. The van der Waals surface area contributed by atoms with Gasteiger partial charge in [-0.1, -0.05) is 36.4 Å². The molecule has 4 nitrogen and oxygen atoms in total. The highest BCUT2D eigenvalue weighted by Crippen LogP contribution is 2.31. The molecule has 5 heteroatoms. The minimum atomic E-state index is 0.476. The van der Waals surface area contributed by atoms with Crippen LogP contribution in [0.1, 0.15) is 24.0 Å². The molecule has 1 saturated heterocycles. The maximum absolute atomic E-state index is 6.01. The van der Waals surface area contributed by atoms with E-state index in [1.54, 1.807) is 0 Å². The largest absolute Gasteiger partial charge is 0.376 e. The highest BCUT2D eigenvalue weighted by molar-refractivity contribution is 7.80. The fourth-order valence-electron chi connectivity index (χ4n) is 4.36. The van der Waals surface area contributed by atoms with Crippen LogP contribution in [0.15, 0.2) is 42.5 Å². The molecule has 4 rings (SSSR count). The van der Waals surface area contributed by atoms with Crippen LogP contribution < -0.4 is 10.6 Å². The van der Waals surface area contributed by atoms with E-state index in [0.29, 0.717) is 5.11 Å². The van der Waals surface area contributed by atoms with Gasteiger partial charge in [0.05, 0.1) is 0 Å². The Hall–Kier alpha value is -1.95. The Bertz CT molecular complexity index is 840. The number of likely N-dealkylation sites (N-methyl/N-ethyl adjacent to an activating group) is 1. The van der Waals surface area contributed by atoms with Crippen molar-refractivity contribution in [3.05, 3.63) is 53.6 Å². The average molecular weight is 409 g/mol. The predicted octanol–water partition coefficient (Wildman–Crippen LogP) is 3.53. The van der Waals surface area contributed by atoms with Gasteiger partial charge in [0, 0.05) is 45.0 Å². The first-order chi connectivity index (χ1) is 14.1. The molecule has 154 valence electrons. The van der Waals surface area contributed by atoms with Gasteiger partial charge in [-0.05, 0) is 73.3 Å². The molecular weight excluding hydrogens is 376 g/mol. The normalized spacial score (nSPS) is 18.3. The van der Waals surface area contributed by atoms with Gasteiger partial charge in [-0.15, -0.1) is 0 Å².